The molecule has 0 fully saturated rings. The number of pyridine rings is 1. The van der Waals surface area contributed by atoms with E-state index in [1.54, 1.807) is 6.20 Å². The molecule has 1 unspecified atom stereocenters. The van der Waals surface area contributed by atoms with Gasteiger partial charge in [0.15, 0.2) is 0 Å². The summed E-state index contributed by atoms with van der Waals surface area (Å²) in [5, 5.41) is 8.64. The molecule has 0 aliphatic carbocycles. The fraction of sp³-hybridized carbons (Fsp3) is 0.105. The van der Waals surface area contributed by atoms with Crippen LogP contribution < -0.4 is 16.4 Å². The molecule has 3 heterocycles. The van der Waals surface area contributed by atoms with Gasteiger partial charge in [-0.1, -0.05) is 18.2 Å². The molecule has 3 aromatic rings. The number of urea groups is 1. The molecule has 6 nitrogen and oxygen atoms in total. The summed E-state index contributed by atoms with van der Waals surface area (Å²) in [7, 11) is 0. The van der Waals surface area contributed by atoms with Gasteiger partial charge in [0.1, 0.15) is 11.0 Å². The Balaban J connectivity index is 1.76. The number of hydrogen-bond donors (Lipinski definition) is 3. The molecule has 4 N–H and O–H groups in total. The fourth-order valence-corrected chi connectivity index (χ4v) is 3.89. The lowest BCUT2D eigenvalue weighted by atomic mass is 10.00. The Labute approximate surface area is 154 Å². The fourth-order valence-electron chi connectivity index (χ4n) is 2.93. The number of aromatic nitrogens is 2. The molecule has 130 valence electrons. The van der Waals surface area contributed by atoms with Crippen LogP contribution in [0.3, 0.4) is 0 Å². The summed E-state index contributed by atoms with van der Waals surface area (Å²) in [6, 6.07) is 12.7. The van der Waals surface area contributed by atoms with E-state index in [0.29, 0.717) is 0 Å². The van der Waals surface area contributed by atoms with E-state index in [4.69, 9.17) is 10.7 Å². The highest BCUT2D eigenvalue weighted by Gasteiger charge is 2.30. The average Bonchev–Trinajstić information content (AvgIpc) is 3.12. The Morgan fingerprint density at radius 2 is 1.96 bits per heavy atom. The van der Waals surface area contributed by atoms with Crippen molar-refractivity contribution in [1.82, 2.24) is 20.6 Å². The highest BCUT2D eigenvalue weighted by atomic mass is 32.1. The van der Waals surface area contributed by atoms with E-state index in [0.717, 1.165) is 38.9 Å². The number of nitrogens with zero attached hydrogens (tertiary/aromatic N) is 2. The van der Waals surface area contributed by atoms with Crippen molar-refractivity contribution in [2.75, 3.05) is 5.73 Å². The third-order valence-corrected chi connectivity index (χ3v) is 5.07. The molecule has 2 amide bonds. The number of hydrogen-bond acceptors (Lipinski definition) is 5. The molecule has 1 aliphatic heterocycles. The quantitative estimate of drug-likeness (QED) is 0.620. The minimum absolute atomic E-state index is 0.239. The lowest BCUT2D eigenvalue weighted by Crippen LogP contribution is -2.43. The molecule has 0 spiro atoms. The largest absolute Gasteiger partial charge is 0.399 e. The maximum absolute atomic E-state index is 12.0. The van der Waals surface area contributed by atoms with Crippen LogP contribution in [0.2, 0.25) is 0 Å². The first-order valence-electron chi connectivity index (χ1n) is 8.13. The van der Waals surface area contributed by atoms with E-state index in [1.165, 1.54) is 11.3 Å². The van der Waals surface area contributed by atoms with Gasteiger partial charge in [0.05, 0.1) is 11.4 Å². The van der Waals surface area contributed by atoms with E-state index >= 15 is 0 Å². The van der Waals surface area contributed by atoms with Crippen molar-refractivity contribution in [2.24, 2.45) is 0 Å². The van der Waals surface area contributed by atoms with E-state index in [9.17, 15) is 4.79 Å². The molecule has 0 saturated heterocycles. The third-order valence-electron chi connectivity index (χ3n) is 4.19. The molecule has 26 heavy (non-hydrogen) atoms. The molecule has 0 saturated carbocycles. The smallest absolute Gasteiger partial charge is 0.319 e. The summed E-state index contributed by atoms with van der Waals surface area (Å²) in [6.07, 6.45) is 1.72. The van der Waals surface area contributed by atoms with Crippen LogP contribution in [0.1, 0.15) is 23.7 Å². The van der Waals surface area contributed by atoms with E-state index < -0.39 is 0 Å². The summed E-state index contributed by atoms with van der Waals surface area (Å²) in [5.74, 6) is 0. The van der Waals surface area contributed by atoms with Gasteiger partial charge >= 0.3 is 6.03 Å². The van der Waals surface area contributed by atoms with Crippen LogP contribution in [0, 0.1) is 0 Å². The number of anilines is 1. The van der Waals surface area contributed by atoms with Gasteiger partial charge in [0.25, 0.3) is 0 Å². The zero-order chi connectivity index (χ0) is 18.1. The predicted octanol–water partition coefficient (Wildman–Crippen LogP) is 3.57. The normalized spacial score (nSPS) is 17.0. The summed E-state index contributed by atoms with van der Waals surface area (Å²) < 4.78 is 0. The molecular weight excluding hydrogens is 346 g/mol. The number of thiazole rings is 1. The monoisotopic (exact) mass is 363 g/mol. The molecule has 1 atom stereocenters. The lowest BCUT2D eigenvalue weighted by Gasteiger charge is -2.27. The number of nitrogens with two attached hydrogens (primary N) is 1. The first-order valence-corrected chi connectivity index (χ1v) is 9.01. The van der Waals surface area contributed by atoms with Crippen LogP contribution in [-0.4, -0.2) is 16.0 Å². The number of nitrogens with one attached hydrogen (secondary N) is 2. The maximum Gasteiger partial charge on any atom is 0.319 e. The van der Waals surface area contributed by atoms with Crippen molar-refractivity contribution in [1.29, 1.82) is 0 Å². The van der Waals surface area contributed by atoms with Crippen LogP contribution in [0.4, 0.5) is 10.5 Å². The number of benzene rings is 1. The van der Waals surface area contributed by atoms with Crippen LogP contribution in [0.5, 0.6) is 0 Å². The van der Waals surface area contributed by atoms with Gasteiger partial charge < -0.3 is 16.4 Å². The SMILES string of the molecule is CC1=C(c2nc(-c3ccc(N)cc3)cs2)C(c2ccccn2)NC(=O)N1. The van der Waals surface area contributed by atoms with Gasteiger partial charge in [0.2, 0.25) is 0 Å². The van der Waals surface area contributed by atoms with Gasteiger partial charge in [0, 0.05) is 34.1 Å². The van der Waals surface area contributed by atoms with Crippen molar-refractivity contribution >= 4 is 28.6 Å². The zero-order valence-electron chi connectivity index (χ0n) is 14.1. The number of carbonyl (C=O) groups is 1. The number of nitrogen functional groups attached to an aromatic ring is 1. The van der Waals surface area contributed by atoms with Gasteiger partial charge in [-0.3, -0.25) is 4.98 Å². The minimum atomic E-state index is -0.338. The molecule has 1 aromatic carbocycles. The second-order valence-electron chi connectivity index (χ2n) is 5.98. The highest BCUT2D eigenvalue weighted by molar-refractivity contribution is 7.11. The minimum Gasteiger partial charge on any atom is -0.399 e. The van der Waals surface area contributed by atoms with Crippen molar-refractivity contribution in [3.63, 3.8) is 0 Å². The molecule has 0 bridgehead atoms. The summed E-state index contributed by atoms with van der Waals surface area (Å²) in [5.41, 5.74) is 10.8. The summed E-state index contributed by atoms with van der Waals surface area (Å²) in [6.45, 7) is 1.88. The van der Waals surface area contributed by atoms with Crippen LogP contribution in [-0.2, 0) is 0 Å². The predicted molar refractivity (Wildman–Crippen MR) is 103 cm³/mol. The van der Waals surface area contributed by atoms with Crippen molar-refractivity contribution < 1.29 is 4.79 Å². The Morgan fingerprint density at radius 1 is 1.15 bits per heavy atom. The van der Waals surface area contributed by atoms with Crippen LogP contribution in [0.25, 0.3) is 16.8 Å². The maximum atomic E-state index is 12.0. The number of allylic oxidation sites excluding steroid dienone is 1. The average molecular weight is 363 g/mol. The second kappa shape index (κ2) is 6.61. The van der Waals surface area contributed by atoms with Crippen molar-refractivity contribution in [2.45, 2.75) is 13.0 Å². The second-order valence-corrected chi connectivity index (χ2v) is 6.84. The Morgan fingerprint density at radius 3 is 2.69 bits per heavy atom. The van der Waals surface area contributed by atoms with Gasteiger partial charge in [-0.25, -0.2) is 9.78 Å². The number of carbonyl (C=O) groups excluding carboxylic acids is 1. The molecule has 0 radical (unpaired) electrons. The first-order chi connectivity index (χ1) is 12.6. The van der Waals surface area contributed by atoms with Gasteiger partial charge in [-0.05, 0) is 31.2 Å². The number of rotatable bonds is 3. The van der Waals surface area contributed by atoms with Crippen LogP contribution in [0.15, 0.2) is 59.7 Å². The van der Waals surface area contributed by atoms with Gasteiger partial charge in [-0.2, -0.15) is 0 Å². The third kappa shape index (κ3) is 3.04. The van der Waals surface area contributed by atoms with Gasteiger partial charge in [-0.15, -0.1) is 11.3 Å². The standard InChI is InChI=1S/C19H17N5OS/c1-11-16(17(24-19(25)22-11)14-4-2-3-9-21-14)18-23-15(10-26-18)12-5-7-13(20)8-6-12/h2-10,17H,20H2,1H3,(H2,22,24,25). The molecule has 4 rings (SSSR count). The van der Waals surface area contributed by atoms with E-state index in [1.807, 2.05) is 54.8 Å². The Bertz CT molecular complexity index is 979. The highest BCUT2D eigenvalue weighted by Crippen LogP contribution is 2.36. The van der Waals surface area contributed by atoms with Crippen LogP contribution >= 0.6 is 11.3 Å². The first kappa shape index (κ1) is 16.3. The Kier molecular flexibility index (Phi) is 4.14. The van der Waals surface area contributed by atoms with Crippen molar-refractivity contribution in [3.8, 4) is 11.3 Å². The lowest BCUT2D eigenvalue weighted by molar-refractivity contribution is 0.240. The zero-order valence-corrected chi connectivity index (χ0v) is 14.9. The van der Waals surface area contributed by atoms with E-state index in [2.05, 4.69) is 15.6 Å². The number of amides is 2. The molecule has 1 aliphatic rings. The van der Waals surface area contributed by atoms with E-state index in [-0.39, 0.29) is 12.1 Å². The summed E-state index contributed by atoms with van der Waals surface area (Å²) in [4.78, 5) is 21.2. The van der Waals surface area contributed by atoms with Crippen molar-refractivity contribution in [3.05, 3.63) is 70.4 Å². The molecule has 7 heteroatoms. The topological polar surface area (TPSA) is 92.9 Å². The summed E-state index contributed by atoms with van der Waals surface area (Å²) >= 11 is 1.54. The molecular formula is C19H17N5OS. The Hall–Kier alpha value is -3.19. The molecule has 2 aromatic heterocycles.